The molecule has 3 rings (SSSR count). The predicted octanol–water partition coefficient (Wildman–Crippen LogP) is 4.37. The van der Waals surface area contributed by atoms with E-state index in [-0.39, 0.29) is 18.3 Å². The molecule has 0 saturated carbocycles. The summed E-state index contributed by atoms with van der Waals surface area (Å²) in [5, 5.41) is 9.23. The summed E-state index contributed by atoms with van der Waals surface area (Å²) >= 11 is 0. The van der Waals surface area contributed by atoms with Crippen molar-refractivity contribution < 1.29 is 14.0 Å². The molecule has 0 bridgehead atoms. The Morgan fingerprint density at radius 3 is 1.96 bits per heavy atom. The normalized spacial score (nSPS) is 18.0. The number of benzene rings is 2. The van der Waals surface area contributed by atoms with Gasteiger partial charge >= 0.3 is 7.12 Å². The smallest absolute Gasteiger partial charge is 0.489 e. The van der Waals surface area contributed by atoms with Gasteiger partial charge in [0.15, 0.2) is 0 Å². The molecule has 0 spiro atoms. The van der Waals surface area contributed by atoms with Crippen LogP contribution < -0.4 is 10.2 Å². The summed E-state index contributed by atoms with van der Waals surface area (Å²) in [7, 11) is -0.366. The van der Waals surface area contributed by atoms with Crippen LogP contribution in [0.3, 0.4) is 0 Å². The Balaban J connectivity index is 1.61. The van der Waals surface area contributed by atoms with Crippen molar-refractivity contribution in [3.63, 3.8) is 0 Å². The molecule has 0 aliphatic carbocycles. The quantitative estimate of drug-likeness (QED) is 0.727. The molecule has 5 heteroatoms. The molecule has 0 unspecified atom stereocenters. The van der Waals surface area contributed by atoms with Gasteiger partial charge in [0.2, 0.25) is 0 Å². The van der Waals surface area contributed by atoms with Gasteiger partial charge in [-0.1, -0.05) is 36.4 Å². The standard InChI is InChI=1S/C23H28BNO3/c1-21(2,16-25)18-9-7-17(8-10-18)15-26-20-13-11-19(12-14-20)24-27-22(3,4)23(5,6)28-24/h7-14H,15H2,1-6H3. The van der Waals surface area contributed by atoms with Gasteiger partial charge in [0, 0.05) is 0 Å². The van der Waals surface area contributed by atoms with E-state index in [1.165, 1.54) is 0 Å². The van der Waals surface area contributed by atoms with Gasteiger partial charge < -0.3 is 14.0 Å². The Morgan fingerprint density at radius 1 is 0.929 bits per heavy atom. The van der Waals surface area contributed by atoms with E-state index in [1.807, 2.05) is 90.1 Å². The Kier molecular flexibility index (Phi) is 5.31. The first-order valence-corrected chi connectivity index (χ1v) is 9.63. The Hall–Kier alpha value is -2.29. The van der Waals surface area contributed by atoms with Gasteiger partial charge in [-0.25, -0.2) is 0 Å². The van der Waals surface area contributed by atoms with Crippen LogP contribution in [0.25, 0.3) is 0 Å². The summed E-state index contributed by atoms with van der Waals surface area (Å²) < 4.78 is 18.1. The van der Waals surface area contributed by atoms with E-state index in [0.29, 0.717) is 6.61 Å². The van der Waals surface area contributed by atoms with E-state index in [1.54, 1.807) is 0 Å². The first-order valence-electron chi connectivity index (χ1n) is 9.63. The molecule has 1 heterocycles. The van der Waals surface area contributed by atoms with Crippen molar-refractivity contribution in [3.05, 3.63) is 59.7 Å². The first kappa shape index (κ1) is 20.4. The zero-order valence-corrected chi connectivity index (χ0v) is 17.6. The lowest BCUT2D eigenvalue weighted by Crippen LogP contribution is -2.41. The van der Waals surface area contributed by atoms with Crippen LogP contribution in [0.15, 0.2) is 48.5 Å². The summed E-state index contributed by atoms with van der Waals surface area (Å²) in [6.07, 6.45) is 0. The SMILES string of the molecule is CC(C)(C#N)c1ccc(COc2ccc(B3OC(C)(C)C(C)(C)O3)cc2)cc1. The van der Waals surface area contributed by atoms with E-state index in [9.17, 15) is 5.26 Å². The van der Waals surface area contributed by atoms with E-state index >= 15 is 0 Å². The van der Waals surface area contributed by atoms with Crippen molar-refractivity contribution in [2.75, 3.05) is 0 Å². The highest BCUT2D eigenvalue weighted by Crippen LogP contribution is 2.36. The molecule has 0 atom stereocenters. The monoisotopic (exact) mass is 377 g/mol. The van der Waals surface area contributed by atoms with Crippen LogP contribution in [0, 0.1) is 11.3 Å². The number of rotatable bonds is 5. The molecule has 28 heavy (non-hydrogen) atoms. The van der Waals surface area contributed by atoms with Crippen molar-refractivity contribution >= 4 is 12.6 Å². The van der Waals surface area contributed by atoms with Crippen LogP contribution in [0.4, 0.5) is 0 Å². The molecule has 4 nitrogen and oxygen atoms in total. The number of ether oxygens (including phenoxy) is 1. The fourth-order valence-electron chi connectivity index (χ4n) is 2.95. The third kappa shape index (κ3) is 4.09. The molecular formula is C23H28BNO3. The average molecular weight is 377 g/mol. The Labute approximate surface area is 168 Å². The molecule has 1 fully saturated rings. The molecule has 1 aliphatic heterocycles. The fraction of sp³-hybridized carbons (Fsp3) is 0.435. The first-order chi connectivity index (χ1) is 13.0. The molecule has 1 aliphatic rings. The fourth-order valence-corrected chi connectivity index (χ4v) is 2.95. The van der Waals surface area contributed by atoms with Crippen LogP contribution >= 0.6 is 0 Å². The zero-order valence-electron chi connectivity index (χ0n) is 17.6. The molecule has 2 aromatic carbocycles. The van der Waals surface area contributed by atoms with Gasteiger partial charge in [-0.15, -0.1) is 0 Å². The lowest BCUT2D eigenvalue weighted by Gasteiger charge is -2.32. The second-order valence-electron chi connectivity index (χ2n) is 8.88. The van der Waals surface area contributed by atoms with Crippen molar-refractivity contribution in [2.24, 2.45) is 0 Å². The molecule has 0 aromatic heterocycles. The van der Waals surface area contributed by atoms with Gasteiger partial charge in [0.1, 0.15) is 12.4 Å². The number of hydrogen-bond acceptors (Lipinski definition) is 4. The maximum atomic E-state index is 9.23. The van der Waals surface area contributed by atoms with Crippen LogP contribution in [0.2, 0.25) is 0 Å². The minimum absolute atomic E-state index is 0.348. The molecule has 0 N–H and O–H groups in total. The van der Waals surface area contributed by atoms with Crippen LogP contribution in [-0.2, 0) is 21.3 Å². The van der Waals surface area contributed by atoms with Crippen LogP contribution in [-0.4, -0.2) is 18.3 Å². The minimum atomic E-state index is -0.483. The lowest BCUT2D eigenvalue weighted by atomic mass is 9.79. The highest BCUT2D eigenvalue weighted by Gasteiger charge is 2.51. The molecule has 0 radical (unpaired) electrons. The number of nitrogens with zero attached hydrogens (tertiary/aromatic N) is 1. The summed E-state index contributed by atoms with van der Waals surface area (Å²) in [5.74, 6) is 0.793. The van der Waals surface area contributed by atoms with Gasteiger partial charge in [0.25, 0.3) is 0 Å². The average Bonchev–Trinajstić information content (AvgIpc) is 2.88. The Bertz CT molecular complexity index is 848. The van der Waals surface area contributed by atoms with Crippen molar-refractivity contribution in [1.29, 1.82) is 5.26 Å². The largest absolute Gasteiger partial charge is 0.494 e. The lowest BCUT2D eigenvalue weighted by molar-refractivity contribution is 0.00578. The summed E-state index contributed by atoms with van der Waals surface area (Å²) in [6.45, 7) is 12.5. The molecule has 146 valence electrons. The second kappa shape index (κ2) is 7.27. The van der Waals surface area contributed by atoms with E-state index in [0.717, 1.165) is 22.3 Å². The Morgan fingerprint density at radius 2 is 1.46 bits per heavy atom. The summed E-state index contributed by atoms with van der Waals surface area (Å²) in [5.41, 5.74) is 1.87. The number of nitriles is 1. The van der Waals surface area contributed by atoms with Gasteiger partial charge in [-0.3, -0.25) is 0 Å². The predicted molar refractivity (Wildman–Crippen MR) is 112 cm³/mol. The van der Waals surface area contributed by atoms with Crippen LogP contribution in [0.5, 0.6) is 5.75 Å². The zero-order chi connectivity index (χ0) is 20.6. The third-order valence-electron chi connectivity index (χ3n) is 5.77. The van der Waals surface area contributed by atoms with Crippen LogP contribution in [0.1, 0.15) is 52.7 Å². The van der Waals surface area contributed by atoms with Gasteiger partial charge in [-0.2, -0.15) is 5.26 Å². The number of hydrogen-bond donors (Lipinski definition) is 0. The van der Waals surface area contributed by atoms with E-state index < -0.39 is 5.41 Å². The van der Waals surface area contributed by atoms with Crippen molar-refractivity contribution in [3.8, 4) is 11.8 Å². The van der Waals surface area contributed by atoms with E-state index in [2.05, 4.69) is 6.07 Å². The minimum Gasteiger partial charge on any atom is -0.489 e. The van der Waals surface area contributed by atoms with E-state index in [4.69, 9.17) is 14.0 Å². The molecule has 1 saturated heterocycles. The highest BCUT2D eigenvalue weighted by atomic mass is 16.7. The second-order valence-corrected chi connectivity index (χ2v) is 8.88. The third-order valence-corrected chi connectivity index (χ3v) is 5.77. The maximum Gasteiger partial charge on any atom is 0.494 e. The molecule has 2 aromatic rings. The van der Waals surface area contributed by atoms with Crippen molar-refractivity contribution in [1.82, 2.24) is 0 Å². The highest BCUT2D eigenvalue weighted by molar-refractivity contribution is 6.62. The van der Waals surface area contributed by atoms with Gasteiger partial charge in [-0.05, 0) is 70.3 Å². The van der Waals surface area contributed by atoms with Gasteiger partial charge in [0.05, 0.1) is 22.7 Å². The maximum absolute atomic E-state index is 9.23. The molecular weight excluding hydrogens is 349 g/mol. The molecule has 0 amide bonds. The summed E-state index contributed by atoms with van der Waals surface area (Å²) in [6, 6.07) is 18.2. The summed E-state index contributed by atoms with van der Waals surface area (Å²) in [4.78, 5) is 0. The van der Waals surface area contributed by atoms with Crippen molar-refractivity contribution in [2.45, 2.75) is 64.8 Å². The topological polar surface area (TPSA) is 51.5 Å².